The molecule has 0 unspecified atom stereocenters. The summed E-state index contributed by atoms with van der Waals surface area (Å²) in [5.41, 5.74) is 3.07. The lowest BCUT2D eigenvalue weighted by molar-refractivity contribution is 0.0977. The van der Waals surface area contributed by atoms with Crippen LogP contribution in [0.3, 0.4) is 0 Å². The molecule has 0 aliphatic carbocycles. The van der Waals surface area contributed by atoms with Crippen molar-refractivity contribution in [1.29, 1.82) is 0 Å². The van der Waals surface area contributed by atoms with E-state index in [0.717, 1.165) is 53.3 Å². The third kappa shape index (κ3) is 5.38. The summed E-state index contributed by atoms with van der Waals surface area (Å²) in [7, 11) is 5.86. The number of thiazole rings is 1. The Kier molecular flexibility index (Phi) is 7.95. The van der Waals surface area contributed by atoms with E-state index in [-0.39, 0.29) is 11.9 Å². The van der Waals surface area contributed by atoms with Crippen molar-refractivity contribution in [1.82, 2.24) is 24.8 Å². The Bertz CT molecular complexity index is 1440. The van der Waals surface area contributed by atoms with E-state index in [1.807, 2.05) is 38.8 Å². The monoisotopic (exact) mass is 591 g/mol. The number of hydrogen-bond acceptors (Lipinski definition) is 11. The first-order chi connectivity index (χ1) is 20.2. The molecule has 12 heteroatoms. The van der Waals surface area contributed by atoms with Crippen molar-refractivity contribution < 1.29 is 9.53 Å². The van der Waals surface area contributed by atoms with Gasteiger partial charge in [0.1, 0.15) is 16.4 Å². The number of rotatable bonds is 6. The van der Waals surface area contributed by atoms with Crippen LogP contribution in [0.4, 0.5) is 33.8 Å². The highest BCUT2D eigenvalue weighted by molar-refractivity contribution is 7.16. The molecule has 3 aliphatic rings. The van der Waals surface area contributed by atoms with Gasteiger partial charge in [-0.25, -0.2) is 9.97 Å². The molecule has 0 spiro atoms. The minimum absolute atomic E-state index is 0.0801. The summed E-state index contributed by atoms with van der Waals surface area (Å²) in [6.45, 7) is 12.6. The first-order valence-corrected chi connectivity index (χ1v) is 15.6. The topological polar surface area (TPSA) is 93.2 Å². The number of carbonyl (C=O) groups is 1. The molecule has 2 saturated heterocycles. The molecule has 1 N–H and O–H groups in total. The van der Waals surface area contributed by atoms with Crippen molar-refractivity contribution >= 4 is 51.1 Å². The molecule has 0 atom stereocenters. The molecule has 42 heavy (non-hydrogen) atoms. The minimum atomic E-state index is -0.132. The lowest BCUT2D eigenvalue weighted by Crippen LogP contribution is -2.52. The van der Waals surface area contributed by atoms with Crippen LogP contribution in [0.1, 0.15) is 42.2 Å². The van der Waals surface area contributed by atoms with E-state index in [1.54, 1.807) is 18.2 Å². The predicted molar refractivity (Wildman–Crippen MR) is 169 cm³/mol. The predicted octanol–water partition coefficient (Wildman–Crippen LogP) is 4.35. The van der Waals surface area contributed by atoms with Crippen LogP contribution in [0, 0.1) is 6.92 Å². The van der Waals surface area contributed by atoms with Crippen molar-refractivity contribution in [3.05, 3.63) is 35.1 Å². The average molecular weight is 592 g/mol. The van der Waals surface area contributed by atoms with Gasteiger partial charge in [-0.15, -0.1) is 11.3 Å². The molecule has 224 valence electrons. The van der Waals surface area contributed by atoms with Gasteiger partial charge in [0.2, 0.25) is 5.95 Å². The summed E-state index contributed by atoms with van der Waals surface area (Å²) >= 11 is 1.49. The van der Waals surface area contributed by atoms with Crippen LogP contribution in [0.25, 0.3) is 0 Å². The maximum Gasteiger partial charge on any atom is 0.280 e. The number of nitrogens with one attached hydrogen (secondary N) is 1. The molecule has 0 radical (unpaired) electrons. The number of nitrogens with zero attached hydrogens (tertiary/aromatic N) is 8. The highest BCUT2D eigenvalue weighted by Crippen LogP contribution is 2.42. The Balaban J connectivity index is 1.20. The fraction of sp³-hybridized carbons (Fsp3) is 0.533. The van der Waals surface area contributed by atoms with Crippen LogP contribution in [0.5, 0.6) is 5.75 Å². The third-order valence-electron chi connectivity index (χ3n) is 8.58. The fourth-order valence-electron chi connectivity index (χ4n) is 6.26. The maximum atomic E-state index is 13.5. The number of aryl methyl sites for hydroxylation is 1. The van der Waals surface area contributed by atoms with Gasteiger partial charge in [-0.05, 0) is 52.8 Å². The number of methoxy groups -OCH3 is 1. The standard InChI is InChI=1S/C30H41N9O2S/c1-19(2)39-24-18-31-30(34-27(24)36(5)29-26(28(39)40)32-20(3)42-29)33-21-7-8-23(25(17-21)41-6)38-11-9-22(10-12-38)37-15-13-35(4)14-16-37/h7-8,17-19,22H,9-16H2,1-6H3,(H,31,33,34). The van der Waals surface area contributed by atoms with E-state index in [9.17, 15) is 4.79 Å². The Morgan fingerprint density at radius 3 is 2.45 bits per heavy atom. The molecule has 3 aliphatic heterocycles. The molecule has 1 aromatic carbocycles. The number of fused-ring (bicyclic) bond motifs is 2. The minimum Gasteiger partial charge on any atom is -0.495 e. The number of carbonyl (C=O) groups excluding carboxylic acids is 1. The Hall–Kier alpha value is -3.48. The highest BCUT2D eigenvalue weighted by atomic mass is 32.1. The fourth-order valence-corrected chi connectivity index (χ4v) is 7.13. The van der Waals surface area contributed by atoms with Crippen LogP contribution in [-0.4, -0.2) is 103 Å². The Morgan fingerprint density at radius 1 is 1.02 bits per heavy atom. The normalized spacial score (nSPS) is 18.7. The Morgan fingerprint density at radius 2 is 1.76 bits per heavy atom. The SMILES string of the molecule is COc1cc(Nc2ncc3c(n2)N(C)c2sc(C)nc2C(=O)N3C(C)C)ccc1N1CCC(N2CCN(C)CC2)CC1. The van der Waals surface area contributed by atoms with Gasteiger partial charge >= 0.3 is 0 Å². The van der Waals surface area contributed by atoms with Gasteiger partial charge in [0.15, 0.2) is 11.5 Å². The number of aromatic nitrogens is 3. The molecule has 11 nitrogen and oxygen atoms in total. The van der Waals surface area contributed by atoms with Gasteiger partial charge < -0.3 is 24.8 Å². The van der Waals surface area contributed by atoms with E-state index in [4.69, 9.17) is 9.72 Å². The molecular weight excluding hydrogens is 550 g/mol. The van der Waals surface area contributed by atoms with Crippen LogP contribution in [0.15, 0.2) is 24.4 Å². The molecule has 1 amide bonds. The molecule has 0 saturated carbocycles. The van der Waals surface area contributed by atoms with E-state index >= 15 is 0 Å². The van der Waals surface area contributed by atoms with Crippen molar-refractivity contribution in [3.63, 3.8) is 0 Å². The van der Waals surface area contributed by atoms with E-state index in [0.29, 0.717) is 29.2 Å². The number of ether oxygens (including phenoxy) is 1. The van der Waals surface area contributed by atoms with Gasteiger partial charge in [0.05, 0.1) is 24.0 Å². The molecule has 2 aromatic heterocycles. The molecule has 3 aromatic rings. The van der Waals surface area contributed by atoms with E-state index < -0.39 is 0 Å². The quantitative estimate of drug-likeness (QED) is 0.446. The van der Waals surface area contributed by atoms with Crippen LogP contribution in [0.2, 0.25) is 0 Å². The second-order valence-corrected chi connectivity index (χ2v) is 12.9. The number of piperidine rings is 1. The van der Waals surface area contributed by atoms with Gasteiger partial charge in [-0.3, -0.25) is 14.6 Å². The first kappa shape index (κ1) is 28.6. The summed E-state index contributed by atoms with van der Waals surface area (Å²) in [5.74, 6) is 1.80. The van der Waals surface area contributed by atoms with Gasteiger partial charge in [0.25, 0.3) is 5.91 Å². The summed E-state index contributed by atoms with van der Waals surface area (Å²) in [4.78, 5) is 38.7. The zero-order valence-electron chi connectivity index (χ0n) is 25.4. The number of anilines is 6. The third-order valence-corrected chi connectivity index (χ3v) is 9.63. The molecular formula is C30H41N9O2S. The van der Waals surface area contributed by atoms with Crippen molar-refractivity contribution in [3.8, 4) is 5.75 Å². The average Bonchev–Trinajstić information content (AvgIpc) is 3.36. The number of likely N-dealkylation sites (N-methyl/N-ethyl adjacent to an activating group) is 1. The maximum absolute atomic E-state index is 13.5. The highest BCUT2D eigenvalue weighted by Gasteiger charge is 2.35. The van der Waals surface area contributed by atoms with Crippen molar-refractivity contribution in [2.45, 2.75) is 45.7 Å². The summed E-state index contributed by atoms with van der Waals surface area (Å²) < 4.78 is 5.85. The van der Waals surface area contributed by atoms with Gasteiger partial charge in [-0.1, -0.05) is 0 Å². The Labute approximate surface area is 252 Å². The number of hydrogen-bond donors (Lipinski definition) is 1. The van der Waals surface area contributed by atoms with Gasteiger partial charge in [0, 0.05) is 70.2 Å². The van der Waals surface area contributed by atoms with Crippen LogP contribution in [-0.2, 0) is 0 Å². The van der Waals surface area contributed by atoms with Crippen molar-refractivity contribution in [2.24, 2.45) is 0 Å². The molecule has 5 heterocycles. The van der Waals surface area contributed by atoms with Gasteiger partial charge in [-0.2, -0.15) is 4.98 Å². The zero-order chi connectivity index (χ0) is 29.5. The number of piperazine rings is 1. The second kappa shape index (κ2) is 11.7. The van der Waals surface area contributed by atoms with Crippen molar-refractivity contribution in [2.75, 3.05) is 80.5 Å². The number of benzene rings is 1. The summed E-state index contributed by atoms with van der Waals surface area (Å²) in [6.07, 6.45) is 4.05. The van der Waals surface area contributed by atoms with E-state index in [1.165, 1.54) is 37.3 Å². The second-order valence-electron chi connectivity index (χ2n) is 11.7. The van der Waals surface area contributed by atoms with E-state index in [2.05, 4.69) is 49.2 Å². The molecule has 0 bridgehead atoms. The zero-order valence-corrected chi connectivity index (χ0v) is 26.2. The van der Waals surface area contributed by atoms with Crippen LogP contribution < -0.4 is 24.8 Å². The summed E-state index contributed by atoms with van der Waals surface area (Å²) in [5, 5.41) is 4.99. The smallest absolute Gasteiger partial charge is 0.280 e. The lowest BCUT2D eigenvalue weighted by Gasteiger charge is -2.42. The van der Waals surface area contributed by atoms with Crippen LogP contribution >= 0.6 is 11.3 Å². The largest absolute Gasteiger partial charge is 0.495 e. The first-order valence-electron chi connectivity index (χ1n) is 14.8. The molecule has 6 rings (SSSR count). The lowest BCUT2D eigenvalue weighted by atomic mass is 10.0. The molecule has 2 fully saturated rings. The number of amides is 1. The summed E-state index contributed by atoms with van der Waals surface area (Å²) in [6, 6.07) is 6.77.